The van der Waals surface area contributed by atoms with Crippen molar-refractivity contribution in [3.8, 4) is 5.75 Å². The minimum atomic E-state index is -4.81. The van der Waals surface area contributed by atoms with Gasteiger partial charge in [0.05, 0.1) is 23.9 Å². The van der Waals surface area contributed by atoms with Crippen LogP contribution in [0.15, 0.2) is 36.4 Å². The quantitative estimate of drug-likeness (QED) is 0.547. The van der Waals surface area contributed by atoms with Gasteiger partial charge in [-0.15, -0.1) is 0 Å². The Bertz CT molecular complexity index is 1050. The van der Waals surface area contributed by atoms with Gasteiger partial charge in [-0.3, -0.25) is 9.69 Å². The van der Waals surface area contributed by atoms with Gasteiger partial charge in [-0.25, -0.2) is 4.39 Å². The number of amides is 1. The van der Waals surface area contributed by atoms with E-state index in [2.05, 4.69) is 28.9 Å². The first-order chi connectivity index (χ1) is 16.7. The molecule has 0 bridgehead atoms. The molecule has 1 amide bonds. The number of ether oxygens (including phenoxy) is 1. The number of rotatable bonds is 5. The lowest BCUT2D eigenvalue weighted by atomic mass is 9.99. The molecule has 2 aliphatic rings. The number of carbonyl (C=O) groups excluding carboxylic acids is 1. The molecule has 2 fully saturated rings. The van der Waals surface area contributed by atoms with Gasteiger partial charge in [0.1, 0.15) is 11.6 Å². The molecule has 0 aromatic heterocycles. The standard InChI is InChI=1S/C26H31F4N3O2/c1-18-4-3-9-31(16-18)17-19-5-8-24(35-2)23(14-19)32-10-12-33(13-11-32)25(34)21-7-6-20(27)15-22(21)26(28,29)30/h5-8,14-15,18H,3-4,9-13,16-17H2,1-2H3. The van der Waals surface area contributed by atoms with Gasteiger partial charge in [0.15, 0.2) is 0 Å². The number of halogens is 4. The third kappa shape index (κ3) is 5.89. The molecule has 0 N–H and O–H groups in total. The summed E-state index contributed by atoms with van der Waals surface area (Å²) in [7, 11) is 1.61. The van der Waals surface area contributed by atoms with Crippen LogP contribution >= 0.6 is 0 Å². The highest BCUT2D eigenvalue weighted by atomic mass is 19.4. The van der Waals surface area contributed by atoms with Crippen molar-refractivity contribution in [3.05, 3.63) is 58.9 Å². The SMILES string of the molecule is COc1ccc(CN2CCCC(C)C2)cc1N1CCN(C(=O)c2ccc(F)cc2C(F)(F)F)CC1. The van der Waals surface area contributed by atoms with E-state index in [4.69, 9.17) is 4.74 Å². The van der Waals surface area contributed by atoms with E-state index in [0.717, 1.165) is 43.2 Å². The fourth-order valence-corrected chi connectivity index (χ4v) is 5.03. The van der Waals surface area contributed by atoms with Crippen LogP contribution in [0.2, 0.25) is 0 Å². The molecule has 35 heavy (non-hydrogen) atoms. The van der Waals surface area contributed by atoms with Crippen molar-refractivity contribution in [3.63, 3.8) is 0 Å². The maximum atomic E-state index is 13.4. The Hall–Kier alpha value is -2.81. The summed E-state index contributed by atoms with van der Waals surface area (Å²) in [5.74, 6) is -0.355. The summed E-state index contributed by atoms with van der Waals surface area (Å²) in [5, 5.41) is 0. The first kappa shape index (κ1) is 25.3. The molecule has 0 spiro atoms. The number of carbonyl (C=O) groups is 1. The monoisotopic (exact) mass is 493 g/mol. The minimum Gasteiger partial charge on any atom is -0.495 e. The molecular formula is C26H31F4N3O2. The highest BCUT2D eigenvalue weighted by Crippen LogP contribution is 2.34. The number of likely N-dealkylation sites (tertiary alicyclic amines) is 1. The zero-order valence-corrected chi connectivity index (χ0v) is 20.1. The van der Waals surface area contributed by atoms with E-state index >= 15 is 0 Å². The molecule has 4 rings (SSSR count). The molecule has 2 aromatic carbocycles. The van der Waals surface area contributed by atoms with Crippen molar-refractivity contribution in [1.82, 2.24) is 9.80 Å². The van der Waals surface area contributed by atoms with Crippen molar-refractivity contribution < 1.29 is 27.1 Å². The second-order valence-electron chi connectivity index (χ2n) is 9.46. The Labute approximate surface area is 203 Å². The highest BCUT2D eigenvalue weighted by molar-refractivity contribution is 5.96. The Balaban J connectivity index is 1.46. The summed E-state index contributed by atoms with van der Waals surface area (Å²) < 4.78 is 59.2. The molecule has 9 heteroatoms. The fraction of sp³-hybridized carbons (Fsp3) is 0.500. The Kier molecular flexibility index (Phi) is 7.54. The van der Waals surface area contributed by atoms with Gasteiger partial charge in [-0.05, 0) is 61.2 Å². The van der Waals surface area contributed by atoms with E-state index < -0.39 is 29.0 Å². The van der Waals surface area contributed by atoms with Crippen molar-refractivity contribution >= 4 is 11.6 Å². The molecule has 190 valence electrons. The second kappa shape index (κ2) is 10.4. The summed E-state index contributed by atoms with van der Waals surface area (Å²) in [6.45, 7) is 6.69. The molecule has 2 aliphatic heterocycles. The number of hydrogen-bond donors (Lipinski definition) is 0. The van der Waals surface area contributed by atoms with E-state index in [1.807, 2.05) is 6.07 Å². The third-order valence-electron chi connectivity index (χ3n) is 6.82. The maximum absolute atomic E-state index is 13.4. The number of anilines is 1. The van der Waals surface area contributed by atoms with Crippen LogP contribution in [0.1, 0.15) is 41.3 Å². The van der Waals surface area contributed by atoms with Gasteiger partial charge < -0.3 is 14.5 Å². The third-order valence-corrected chi connectivity index (χ3v) is 6.82. The van der Waals surface area contributed by atoms with Gasteiger partial charge in [-0.1, -0.05) is 13.0 Å². The summed E-state index contributed by atoms with van der Waals surface area (Å²) in [6.07, 6.45) is -2.35. The molecule has 2 aromatic rings. The summed E-state index contributed by atoms with van der Waals surface area (Å²) in [5.41, 5.74) is 0.323. The average Bonchev–Trinajstić information content (AvgIpc) is 2.83. The summed E-state index contributed by atoms with van der Waals surface area (Å²) in [4.78, 5) is 18.8. The van der Waals surface area contributed by atoms with E-state index in [1.165, 1.54) is 23.3 Å². The Morgan fingerprint density at radius 2 is 1.80 bits per heavy atom. The molecule has 0 saturated carbocycles. The van der Waals surface area contributed by atoms with E-state index in [9.17, 15) is 22.4 Å². The van der Waals surface area contributed by atoms with Crippen LogP contribution in [-0.4, -0.2) is 62.1 Å². The summed E-state index contributed by atoms with van der Waals surface area (Å²) in [6, 6.07) is 8.30. The van der Waals surface area contributed by atoms with Crippen molar-refractivity contribution in [2.45, 2.75) is 32.5 Å². The Morgan fingerprint density at radius 3 is 2.46 bits per heavy atom. The number of nitrogens with zero attached hydrogens (tertiary/aromatic N) is 3. The fourth-order valence-electron chi connectivity index (χ4n) is 5.03. The van der Waals surface area contributed by atoms with Crippen LogP contribution in [0.4, 0.5) is 23.2 Å². The first-order valence-electron chi connectivity index (χ1n) is 12.0. The van der Waals surface area contributed by atoms with Crippen molar-refractivity contribution in [2.24, 2.45) is 5.92 Å². The number of benzene rings is 2. The van der Waals surface area contributed by atoms with Gasteiger partial charge in [0.2, 0.25) is 0 Å². The van der Waals surface area contributed by atoms with Crippen LogP contribution in [0.3, 0.4) is 0 Å². The average molecular weight is 494 g/mol. The predicted molar refractivity (Wildman–Crippen MR) is 126 cm³/mol. The molecule has 2 saturated heterocycles. The van der Waals surface area contributed by atoms with Crippen LogP contribution in [0.5, 0.6) is 5.75 Å². The number of methoxy groups -OCH3 is 1. The van der Waals surface area contributed by atoms with Crippen molar-refractivity contribution in [1.29, 1.82) is 0 Å². The van der Waals surface area contributed by atoms with E-state index in [0.29, 0.717) is 25.1 Å². The lowest BCUT2D eigenvalue weighted by molar-refractivity contribution is -0.138. The molecule has 5 nitrogen and oxygen atoms in total. The van der Waals surface area contributed by atoms with Crippen LogP contribution < -0.4 is 9.64 Å². The second-order valence-corrected chi connectivity index (χ2v) is 9.46. The lowest BCUT2D eigenvalue weighted by Crippen LogP contribution is -2.49. The maximum Gasteiger partial charge on any atom is 0.417 e. The molecule has 1 atom stereocenters. The van der Waals surface area contributed by atoms with Gasteiger partial charge >= 0.3 is 6.18 Å². The van der Waals surface area contributed by atoms with Gasteiger partial charge in [0.25, 0.3) is 5.91 Å². The van der Waals surface area contributed by atoms with Crippen molar-refractivity contribution in [2.75, 3.05) is 51.3 Å². The van der Waals surface area contributed by atoms with Crippen LogP contribution in [0.25, 0.3) is 0 Å². The van der Waals surface area contributed by atoms with Gasteiger partial charge in [-0.2, -0.15) is 13.2 Å². The van der Waals surface area contributed by atoms with Gasteiger partial charge in [0, 0.05) is 39.3 Å². The number of alkyl halides is 3. The lowest BCUT2D eigenvalue weighted by Gasteiger charge is -2.37. The number of hydrogen-bond acceptors (Lipinski definition) is 4. The number of piperidine rings is 1. The predicted octanol–water partition coefficient (Wildman–Crippen LogP) is 5.05. The molecule has 1 unspecified atom stereocenters. The summed E-state index contributed by atoms with van der Waals surface area (Å²) >= 11 is 0. The number of piperazine rings is 1. The molecule has 0 aliphatic carbocycles. The van der Waals surface area contributed by atoms with E-state index in [-0.39, 0.29) is 13.1 Å². The molecular weight excluding hydrogens is 462 g/mol. The molecule has 0 radical (unpaired) electrons. The topological polar surface area (TPSA) is 36.0 Å². The minimum absolute atomic E-state index is 0.254. The zero-order valence-electron chi connectivity index (χ0n) is 20.1. The zero-order chi connectivity index (χ0) is 25.2. The smallest absolute Gasteiger partial charge is 0.417 e. The van der Waals surface area contributed by atoms with E-state index in [1.54, 1.807) is 7.11 Å². The molecule has 2 heterocycles. The normalized spacial score (nSPS) is 19.7. The first-order valence-corrected chi connectivity index (χ1v) is 12.0. The Morgan fingerprint density at radius 1 is 1.06 bits per heavy atom. The highest BCUT2D eigenvalue weighted by Gasteiger charge is 2.37. The largest absolute Gasteiger partial charge is 0.495 e. The van der Waals surface area contributed by atoms with Crippen LogP contribution in [-0.2, 0) is 12.7 Å². The van der Waals surface area contributed by atoms with Crippen LogP contribution in [0, 0.1) is 11.7 Å².